The Morgan fingerprint density at radius 1 is 1.19 bits per heavy atom. The summed E-state index contributed by atoms with van der Waals surface area (Å²) >= 11 is 0. The first kappa shape index (κ1) is 23.9. The third kappa shape index (κ3) is 6.62. The number of aromatic amines is 1. The maximum Gasteiger partial charge on any atom is 0.255 e. The Balaban J connectivity index is 1.51. The Labute approximate surface area is 187 Å². The van der Waals surface area contributed by atoms with Gasteiger partial charge in [-0.05, 0) is 31.5 Å². The first-order valence-corrected chi connectivity index (χ1v) is 12.1. The molecular weight excluding hydrogens is 434 g/mol. The van der Waals surface area contributed by atoms with Crippen LogP contribution < -0.4 is 20.5 Å². The number of ether oxygens (including phenoxy) is 1. The molecule has 0 aliphatic carbocycles. The highest BCUT2D eigenvalue weighted by Crippen LogP contribution is 2.12. The normalized spacial score (nSPS) is 14.4. The molecule has 174 valence electrons. The molecule has 0 unspecified atom stereocenters. The summed E-state index contributed by atoms with van der Waals surface area (Å²) in [5, 5.41) is 2.83. The van der Waals surface area contributed by atoms with Crippen LogP contribution in [0.3, 0.4) is 0 Å². The number of hydrogen-bond donors (Lipinski definition) is 3. The first-order valence-electron chi connectivity index (χ1n) is 10.5. The number of aromatic nitrogens is 2. The largest absolute Gasteiger partial charge is 0.378 e. The van der Waals surface area contributed by atoms with Crippen LogP contribution in [0.2, 0.25) is 0 Å². The van der Waals surface area contributed by atoms with Gasteiger partial charge in [0.1, 0.15) is 0 Å². The van der Waals surface area contributed by atoms with E-state index in [0.717, 1.165) is 5.56 Å². The van der Waals surface area contributed by atoms with Gasteiger partial charge in [-0.25, -0.2) is 18.1 Å². The average molecular weight is 464 g/mol. The number of H-pyrrole nitrogens is 1. The summed E-state index contributed by atoms with van der Waals surface area (Å²) < 4.78 is 30.8. The van der Waals surface area contributed by atoms with E-state index in [1.165, 1.54) is 7.05 Å². The topological polar surface area (TPSA) is 133 Å². The van der Waals surface area contributed by atoms with Crippen molar-refractivity contribution in [3.8, 4) is 0 Å². The van der Waals surface area contributed by atoms with Crippen molar-refractivity contribution in [2.24, 2.45) is 0 Å². The molecule has 0 atom stereocenters. The highest BCUT2D eigenvalue weighted by molar-refractivity contribution is 7.88. The molecule has 1 aromatic carbocycles. The van der Waals surface area contributed by atoms with Crippen LogP contribution >= 0.6 is 0 Å². The van der Waals surface area contributed by atoms with Gasteiger partial charge in [0.25, 0.3) is 5.56 Å². The zero-order chi connectivity index (χ0) is 23.1. The molecule has 0 spiro atoms. The summed E-state index contributed by atoms with van der Waals surface area (Å²) in [6.07, 6.45) is 0.463. The van der Waals surface area contributed by atoms with Gasteiger partial charge in [-0.2, -0.15) is 0 Å². The van der Waals surface area contributed by atoms with Crippen molar-refractivity contribution in [1.29, 1.82) is 0 Å². The Bertz CT molecular complexity index is 1090. The van der Waals surface area contributed by atoms with Gasteiger partial charge in [-0.3, -0.25) is 14.6 Å². The van der Waals surface area contributed by atoms with Gasteiger partial charge < -0.3 is 15.0 Å². The monoisotopic (exact) mass is 463 g/mol. The Hall–Kier alpha value is -2.76. The Morgan fingerprint density at radius 3 is 2.47 bits per heavy atom. The van der Waals surface area contributed by atoms with Crippen LogP contribution in [0.15, 0.2) is 29.1 Å². The fourth-order valence-electron chi connectivity index (χ4n) is 3.39. The van der Waals surface area contributed by atoms with E-state index in [1.807, 2.05) is 4.90 Å². The van der Waals surface area contributed by atoms with Crippen LogP contribution in [0.1, 0.15) is 28.8 Å². The van der Waals surface area contributed by atoms with E-state index < -0.39 is 10.0 Å². The van der Waals surface area contributed by atoms with Gasteiger partial charge in [-0.15, -0.1) is 0 Å². The number of sulfonamides is 1. The summed E-state index contributed by atoms with van der Waals surface area (Å²) in [5.74, 6) is 0.264. The molecule has 1 amide bonds. The minimum Gasteiger partial charge on any atom is -0.378 e. The van der Waals surface area contributed by atoms with Crippen molar-refractivity contribution >= 4 is 21.9 Å². The quantitative estimate of drug-likeness (QED) is 0.484. The maximum atomic E-state index is 12.5. The SMILES string of the molecule is CNS(=O)(=O)Cc1ccc(CNC(=O)CCc2c(C)nc(N3CCOCC3)[nH]c2=O)cc1. The first-order chi connectivity index (χ1) is 15.3. The lowest BCUT2D eigenvalue weighted by Crippen LogP contribution is -2.38. The predicted octanol–water partition coefficient (Wildman–Crippen LogP) is 0.213. The molecule has 0 bridgehead atoms. The van der Waals surface area contributed by atoms with Gasteiger partial charge in [-0.1, -0.05) is 24.3 Å². The molecule has 2 heterocycles. The van der Waals surface area contributed by atoms with E-state index in [4.69, 9.17) is 4.74 Å². The second kappa shape index (κ2) is 10.7. The van der Waals surface area contributed by atoms with Gasteiger partial charge >= 0.3 is 0 Å². The lowest BCUT2D eigenvalue weighted by molar-refractivity contribution is -0.121. The van der Waals surface area contributed by atoms with E-state index >= 15 is 0 Å². The van der Waals surface area contributed by atoms with Gasteiger partial charge in [0.15, 0.2) is 0 Å². The van der Waals surface area contributed by atoms with E-state index in [1.54, 1.807) is 31.2 Å². The van der Waals surface area contributed by atoms with Crippen molar-refractivity contribution in [2.45, 2.75) is 32.1 Å². The lowest BCUT2D eigenvalue weighted by Gasteiger charge is -2.27. The summed E-state index contributed by atoms with van der Waals surface area (Å²) in [7, 11) is -1.94. The molecule has 1 aliphatic heterocycles. The minimum absolute atomic E-state index is 0.0948. The molecule has 1 aliphatic rings. The molecule has 0 radical (unpaired) electrons. The third-order valence-corrected chi connectivity index (χ3v) is 6.64. The molecule has 3 rings (SSSR count). The van der Waals surface area contributed by atoms with Gasteiger partial charge in [0, 0.05) is 37.3 Å². The fourth-order valence-corrected chi connectivity index (χ4v) is 4.16. The molecule has 32 heavy (non-hydrogen) atoms. The van der Waals surface area contributed by atoms with Crippen molar-refractivity contribution in [3.05, 3.63) is 57.0 Å². The molecule has 0 saturated carbocycles. The number of carbonyl (C=O) groups is 1. The Kier molecular flexibility index (Phi) is 7.99. The molecule has 3 N–H and O–H groups in total. The second-order valence-corrected chi connectivity index (χ2v) is 9.54. The fraction of sp³-hybridized carbons (Fsp3) is 0.476. The zero-order valence-electron chi connectivity index (χ0n) is 18.3. The zero-order valence-corrected chi connectivity index (χ0v) is 19.1. The smallest absolute Gasteiger partial charge is 0.255 e. The molecule has 1 fully saturated rings. The van der Waals surface area contributed by atoms with Crippen LogP contribution in [0.4, 0.5) is 5.95 Å². The van der Waals surface area contributed by atoms with E-state index in [0.29, 0.717) is 62.0 Å². The Morgan fingerprint density at radius 2 is 1.84 bits per heavy atom. The molecule has 11 heteroatoms. The number of aryl methyl sites for hydroxylation is 1. The average Bonchev–Trinajstić information content (AvgIpc) is 2.78. The third-order valence-electron chi connectivity index (χ3n) is 5.30. The molecule has 1 aromatic heterocycles. The van der Waals surface area contributed by atoms with Crippen molar-refractivity contribution < 1.29 is 17.9 Å². The van der Waals surface area contributed by atoms with Crippen molar-refractivity contribution in [3.63, 3.8) is 0 Å². The number of amides is 1. The van der Waals surface area contributed by atoms with Crippen LogP contribution in [-0.4, -0.2) is 57.6 Å². The molecule has 10 nitrogen and oxygen atoms in total. The molecule has 1 saturated heterocycles. The molecule has 2 aromatic rings. The number of nitrogens with one attached hydrogen (secondary N) is 3. The van der Waals surface area contributed by atoms with Gasteiger partial charge in [0.2, 0.25) is 21.9 Å². The molecular formula is C21H29N5O5S. The maximum absolute atomic E-state index is 12.5. The number of morpholine rings is 1. The van der Waals surface area contributed by atoms with E-state index in [9.17, 15) is 18.0 Å². The summed E-state index contributed by atoms with van der Waals surface area (Å²) in [6.45, 7) is 4.65. The lowest BCUT2D eigenvalue weighted by atomic mass is 10.1. The van der Waals surface area contributed by atoms with E-state index in [-0.39, 0.29) is 23.6 Å². The van der Waals surface area contributed by atoms with Crippen LogP contribution in [0.5, 0.6) is 0 Å². The van der Waals surface area contributed by atoms with Gasteiger partial charge in [0.05, 0.1) is 19.0 Å². The standard InChI is InChI=1S/C21H29N5O5S/c1-15-18(20(28)25-21(24-15)26-9-11-31-12-10-26)7-8-19(27)23-13-16-3-5-17(6-4-16)14-32(29,30)22-2/h3-6,22H,7-14H2,1-2H3,(H,23,27)(H,24,25,28). The number of rotatable bonds is 9. The summed E-state index contributed by atoms with van der Waals surface area (Å²) in [5.41, 5.74) is 2.42. The number of benzene rings is 1. The van der Waals surface area contributed by atoms with Crippen molar-refractivity contribution in [1.82, 2.24) is 20.0 Å². The number of carbonyl (C=O) groups excluding carboxylic acids is 1. The second-order valence-electron chi connectivity index (χ2n) is 7.61. The van der Waals surface area contributed by atoms with E-state index in [2.05, 4.69) is 20.0 Å². The highest BCUT2D eigenvalue weighted by atomic mass is 32.2. The number of nitrogens with zero attached hydrogens (tertiary/aromatic N) is 2. The van der Waals surface area contributed by atoms with Crippen LogP contribution in [0, 0.1) is 6.92 Å². The minimum atomic E-state index is -3.32. The summed E-state index contributed by atoms with van der Waals surface area (Å²) in [4.78, 5) is 34.1. The number of hydrogen-bond acceptors (Lipinski definition) is 7. The number of anilines is 1. The highest BCUT2D eigenvalue weighted by Gasteiger charge is 2.17. The van der Waals surface area contributed by atoms with Crippen LogP contribution in [-0.2, 0) is 38.3 Å². The predicted molar refractivity (Wildman–Crippen MR) is 121 cm³/mol. The van der Waals surface area contributed by atoms with Crippen LogP contribution in [0.25, 0.3) is 0 Å². The summed E-state index contributed by atoms with van der Waals surface area (Å²) in [6, 6.07) is 7.01. The van der Waals surface area contributed by atoms with Crippen molar-refractivity contribution in [2.75, 3.05) is 38.3 Å².